The largest absolute Gasteiger partial charge is 0.380 e. The number of ether oxygens (including phenoxy) is 1. The Labute approximate surface area is 209 Å². The second kappa shape index (κ2) is 12.8. The summed E-state index contributed by atoms with van der Waals surface area (Å²) in [6.45, 7) is 11.7. The van der Waals surface area contributed by atoms with Gasteiger partial charge in [0.05, 0.1) is 17.9 Å². The maximum absolute atomic E-state index is 12.9. The van der Waals surface area contributed by atoms with Crippen LogP contribution in [0.1, 0.15) is 71.9 Å². The van der Waals surface area contributed by atoms with E-state index >= 15 is 0 Å². The van der Waals surface area contributed by atoms with Crippen LogP contribution in [0.25, 0.3) is 0 Å². The molecular weight excluding hydrogens is 444 g/mol. The molecule has 184 valence electrons. The van der Waals surface area contributed by atoms with E-state index in [2.05, 4.69) is 54.5 Å². The molecule has 34 heavy (non-hydrogen) atoms. The molecule has 6 nitrogen and oxygen atoms in total. The lowest BCUT2D eigenvalue weighted by molar-refractivity contribution is 0.0913. The van der Waals surface area contributed by atoms with Crippen molar-refractivity contribution in [2.24, 2.45) is 0 Å². The average Bonchev–Trinajstić information content (AvgIpc) is 2.85. The maximum Gasteiger partial charge on any atom is 0.253 e. The fraction of sp³-hybridized carbons (Fsp3) is 0.519. The number of nitrogens with one attached hydrogen (secondary N) is 2. The number of rotatable bonds is 9. The highest BCUT2D eigenvalue weighted by atomic mass is 32.1. The summed E-state index contributed by atoms with van der Waals surface area (Å²) in [7, 11) is 0. The van der Waals surface area contributed by atoms with Crippen molar-refractivity contribution in [3.63, 3.8) is 0 Å². The van der Waals surface area contributed by atoms with Gasteiger partial charge in [0.25, 0.3) is 5.91 Å². The van der Waals surface area contributed by atoms with Crippen LogP contribution in [-0.2, 0) is 11.2 Å². The van der Waals surface area contributed by atoms with E-state index < -0.39 is 0 Å². The van der Waals surface area contributed by atoms with Crippen LogP contribution in [0.2, 0.25) is 0 Å². The quantitative estimate of drug-likeness (QED) is 0.388. The lowest BCUT2D eigenvalue weighted by atomic mass is 9.90. The normalized spacial score (nSPS) is 14.2. The van der Waals surface area contributed by atoms with Crippen LogP contribution in [0.4, 0.5) is 5.69 Å². The number of para-hydroxylation sites is 1. The molecular formula is C27H38N4O2S. The molecule has 1 aliphatic rings. The molecule has 0 spiro atoms. The van der Waals surface area contributed by atoms with Gasteiger partial charge in [-0.25, -0.2) is 0 Å². The molecule has 0 unspecified atom stereocenters. The maximum atomic E-state index is 12.9. The molecule has 3 rings (SSSR count). The topological polar surface area (TPSA) is 66.5 Å². The van der Waals surface area contributed by atoms with E-state index in [1.807, 2.05) is 19.1 Å². The first-order valence-corrected chi connectivity index (χ1v) is 12.8. The third-order valence-electron chi connectivity index (χ3n) is 6.33. The highest BCUT2D eigenvalue weighted by molar-refractivity contribution is 7.80. The molecule has 1 aromatic carbocycles. The Kier molecular flexibility index (Phi) is 9.84. The summed E-state index contributed by atoms with van der Waals surface area (Å²) in [5.41, 5.74) is 6.11. The lowest BCUT2D eigenvalue weighted by Gasteiger charge is -2.34. The minimum absolute atomic E-state index is 0.0751. The first-order chi connectivity index (χ1) is 16.4. The zero-order valence-corrected chi connectivity index (χ0v) is 21.8. The summed E-state index contributed by atoms with van der Waals surface area (Å²) >= 11 is 5.77. The number of nitrogens with zero attached hydrogens (tertiary/aromatic N) is 2. The highest BCUT2D eigenvalue weighted by Crippen LogP contribution is 2.30. The van der Waals surface area contributed by atoms with Crippen molar-refractivity contribution in [2.45, 2.75) is 59.3 Å². The van der Waals surface area contributed by atoms with E-state index in [1.165, 1.54) is 11.1 Å². The van der Waals surface area contributed by atoms with Gasteiger partial charge in [0.15, 0.2) is 5.11 Å². The standard InChI is InChI=1S/C27H38N4O2S/c1-5-17-33-18-14-28-26(32)23-11-10-20(4)29-25(23)22-12-15-31(16-13-22)27(34)30-24-19(3)8-7-9-21(24)6-2/h7-11,22H,5-6,12-18H2,1-4H3,(H,28,32)(H,30,34). The molecule has 2 aromatic rings. The van der Waals surface area contributed by atoms with Gasteiger partial charge >= 0.3 is 0 Å². The second-order valence-electron chi connectivity index (χ2n) is 8.91. The minimum atomic E-state index is -0.0751. The first-order valence-electron chi connectivity index (χ1n) is 12.4. The molecule has 7 heteroatoms. The van der Waals surface area contributed by atoms with Gasteiger partial charge in [0.2, 0.25) is 0 Å². The van der Waals surface area contributed by atoms with Gasteiger partial charge in [-0.3, -0.25) is 9.78 Å². The molecule has 0 bridgehead atoms. The first kappa shape index (κ1) is 26.1. The number of carbonyl (C=O) groups is 1. The number of hydrogen-bond donors (Lipinski definition) is 2. The third-order valence-corrected chi connectivity index (χ3v) is 6.69. The summed E-state index contributed by atoms with van der Waals surface area (Å²) in [6, 6.07) is 10.2. The lowest BCUT2D eigenvalue weighted by Crippen LogP contribution is -2.41. The van der Waals surface area contributed by atoms with Crippen molar-refractivity contribution in [3.8, 4) is 0 Å². The van der Waals surface area contributed by atoms with E-state index in [4.69, 9.17) is 21.9 Å². The number of aryl methyl sites for hydroxylation is 3. The van der Waals surface area contributed by atoms with Crippen LogP contribution in [0, 0.1) is 13.8 Å². The van der Waals surface area contributed by atoms with Gasteiger partial charge in [-0.2, -0.15) is 0 Å². The molecule has 0 radical (unpaired) electrons. The monoisotopic (exact) mass is 482 g/mol. The van der Waals surface area contributed by atoms with Crippen LogP contribution in [0.15, 0.2) is 30.3 Å². The van der Waals surface area contributed by atoms with E-state index in [0.29, 0.717) is 25.3 Å². The number of benzene rings is 1. The predicted octanol–water partition coefficient (Wildman–Crippen LogP) is 4.99. The molecule has 2 heterocycles. The molecule has 0 aliphatic carbocycles. The summed E-state index contributed by atoms with van der Waals surface area (Å²) in [5, 5.41) is 7.25. The van der Waals surface area contributed by atoms with E-state index in [0.717, 1.165) is 61.0 Å². The Morgan fingerprint density at radius 1 is 1.15 bits per heavy atom. The van der Waals surface area contributed by atoms with Gasteiger partial charge in [0.1, 0.15) is 0 Å². The summed E-state index contributed by atoms with van der Waals surface area (Å²) in [4.78, 5) is 19.9. The van der Waals surface area contributed by atoms with Gasteiger partial charge < -0.3 is 20.3 Å². The molecule has 1 saturated heterocycles. The zero-order chi connectivity index (χ0) is 24.5. The van der Waals surface area contributed by atoms with Gasteiger partial charge in [-0.05, 0) is 75.0 Å². The van der Waals surface area contributed by atoms with E-state index in [-0.39, 0.29) is 11.8 Å². The number of amides is 1. The van der Waals surface area contributed by atoms with Crippen molar-refractivity contribution in [1.29, 1.82) is 0 Å². The van der Waals surface area contributed by atoms with Crippen LogP contribution in [0.3, 0.4) is 0 Å². The fourth-order valence-electron chi connectivity index (χ4n) is 4.40. The number of carbonyl (C=O) groups excluding carboxylic acids is 1. The Bertz CT molecular complexity index is 987. The third kappa shape index (κ3) is 6.76. The predicted molar refractivity (Wildman–Crippen MR) is 143 cm³/mol. The van der Waals surface area contributed by atoms with Gasteiger partial charge in [0, 0.05) is 43.5 Å². The number of likely N-dealkylation sites (tertiary alicyclic amines) is 1. The average molecular weight is 483 g/mol. The number of pyridine rings is 1. The smallest absolute Gasteiger partial charge is 0.253 e. The molecule has 0 saturated carbocycles. The molecule has 1 aliphatic heterocycles. The van der Waals surface area contributed by atoms with Crippen molar-refractivity contribution in [3.05, 3.63) is 58.4 Å². The van der Waals surface area contributed by atoms with Crippen molar-refractivity contribution >= 4 is 28.9 Å². The van der Waals surface area contributed by atoms with Crippen molar-refractivity contribution in [2.75, 3.05) is 38.2 Å². The molecule has 1 aromatic heterocycles. The van der Waals surface area contributed by atoms with Gasteiger partial charge in [-0.15, -0.1) is 0 Å². The zero-order valence-electron chi connectivity index (χ0n) is 20.9. The number of thiocarbonyl (C=S) groups is 1. The summed E-state index contributed by atoms with van der Waals surface area (Å²) in [6.07, 6.45) is 3.75. The fourth-order valence-corrected chi connectivity index (χ4v) is 4.69. The number of anilines is 1. The summed E-state index contributed by atoms with van der Waals surface area (Å²) in [5.74, 6) is 0.162. The molecule has 2 N–H and O–H groups in total. The number of piperidine rings is 1. The summed E-state index contributed by atoms with van der Waals surface area (Å²) < 4.78 is 5.48. The van der Waals surface area contributed by atoms with Crippen LogP contribution in [0.5, 0.6) is 0 Å². The van der Waals surface area contributed by atoms with Gasteiger partial charge in [-0.1, -0.05) is 32.0 Å². The van der Waals surface area contributed by atoms with Crippen molar-refractivity contribution < 1.29 is 9.53 Å². The number of hydrogen-bond acceptors (Lipinski definition) is 4. The molecule has 1 fully saturated rings. The SMILES string of the molecule is CCCOCCNC(=O)c1ccc(C)nc1C1CCN(C(=S)Nc2c(C)cccc2CC)CC1. The minimum Gasteiger partial charge on any atom is -0.380 e. The Hall–Kier alpha value is -2.51. The second-order valence-corrected chi connectivity index (χ2v) is 9.29. The molecule has 1 amide bonds. The van der Waals surface area contributed by atoms with E-state index in [1.54, 1.807) is 0 Å². The Morgan fingerprint density at radius 3 is 2.62 bits per heavy atom. The van der Waals surface area contributed by atoms with E-state index in [9.17, 15) is 4.79 Å². The van der Waals surface area contributed by atoms with Crippen molar-refractivity contribution in [1.82, 2.24) is 15.2 Å². The van der Waals surface area contributed by atoms with Crippen LogP contribution < -0.4 is 10.6 Å². The Morgan fingerprint density at radius 2 is 1.91 bits per heavy atom. The van der Waals surface area contributed by atoms with Crippen LogP contribution in [-0.4, -0.2) is 53.8 Å². The van der Waals surface area contributed by atoms with Crippen LogP contribution >= 0.6 is 12.2 Å². The Balaban J connectivity index is 1.62. The highest BCUT2D eigenvalue weighted by Gasteiger charge is 2.27. The molecule has 0 atom stereocenters. The number of aromatic nitrogens is 1.